The minimum Gasteiger partial charge on any atom is -0.333 e. The average molecular weight is 317 g/mol. The second kappa shape index (κ2) is 6.64. The molecule has 2 heterocycles. The van der Waals surface area contributed by atoms with Crippen molar-refractivity contribution in [2.45, 2.75) is 30.8 Å². The van der Waals surface area contributed by atoms with E-state index in [9.17, 15) is 0 Å². The molecule has 110 valence electrons. The van der Waals surface area contributed by atoms with Crippen molar-refractivity contribution in [1.82, 2.24) is 15.3 Å². The zero-order valence-corrected chi connectivity index (χ0v) is 13.9. The van der Waals surface area contributed by atoms with Gasteiger partial charge in [0.1, 0.15) is 0 Å². The predicted octanol–water partition coefficient (Wildman–Crippen LogP) is 4.20. The van der Waals surface area contributed by atoms with Crippen LogP contribution in [0.15, 0.2) is 40.9 Å². The summed E-state index contributed by atoms with van der Waals surface area (Å²) in [4.78, 5) is 9.41. The van der Waals surface area contributed by atoms with E-state index in [2.05, 4.69) is 64.8 Å². The van der Waals surface area contributed by atoms with Crippen molar-refractivity contribution < 1.29 is 0 Å². The van der Waals surface area contributed by atoms with E-state index in [0.717, 1.165) is 29.3 Å². The maximum atomic E-state index is 4.63. The largest absolute Gasteiger partial charge is 0.333 e. The van der Waals surface area contributed by atoms with Gasteiger partial charge < -0.3 is 10.3 Å². The molecule has 0 bridgehead atoms. The summed E-state index contributed by atoms with van der Waals surface area (Å²) in [5.74, 6) is 0. The van der Waals surface area contributed by atoms with Crippen LogP contribution in [0.3, 0.4) is 0 Å². The summed E-state index contributed by atoms with van der Waals surface area (Å²) in [6, 6.07) is 10.6. The Kier molecular flexibility index (Phi) is 4.63. The van der Waals surface area contributed by atoms with Crippen LogP contribution in [0.5, 0.6) is 0 Å². The molecule has 1 atom stereocenters. The lowest BCUT2D eigenvalue weighted by Crippen LogP contribution is -2.21. The Morgan fingerprint density at radius 1 is 1.38 bits per heavy atom. The molecule has 0 aliphatic carbocycles. The molecule has 0 radical (unpaired) electrons. The lowest BCUT2D eigenvalue weighted by atomic mass is 10.2. The van der Waals surface area contributed by atoms with Gasteiger partial charge in [-0.1, -0.05) is 30.8 Å². The Hall–Kier alpha value is -1.30. The molecule has 2 N–H and O–H groups in total. The van der Waals surface area contributed by atoms with E-state index in [1.807, 2.05) is 0 Å². The Morgan fingerprint density at radius 3 is 3.10 bits per heavy atom. The first-order valence-corrected chi connectivity index (χ1v) is 8.83. The van der Waals surface area contributed by atoms with Crippen LogP contribution in [0.25, 0.3) is 11.0 Å². The van der Waals surface area contributed by atoms with E-state index in [0.29, 0.717) is 5.25 Å². The molecule has 3 nitrogen and oxygen atoms in total. The van der Waals surface area contributed by atoms with Crippen LogP contribution in [0, 0.1) is 6.92 Å². The lowest BCUT2D eigenvalue weighted by molar-refractivity contribution is 0.689. The van der Waals surface area contributed by atoms with Crippen molar-refractivity contribution in [1.29, 1.82) is 0 Å². The highest BCUT2D eigenvalue weighted by Gasteiger charge is 2.09. The van der Waals surface area contributed by atoms with Gasteiger partial charge in [0.15, 0.2) is 5.16 Å². The fourth-order valence-corrected chi connectivity index (χ4v) is 3.78. The number of aromatic amines is 1. The smallest absolute Gasteiger partial charge is 0.166 e. The molecule has 0 amide bonds. The fraction of sp³-hybridized carbons (Fsp3) is 0.312. The number of thioether (sulfide) groups is 1. The molecule has 0 fully saturated rings. The minimum absolute atomic E-state index is 0.478. The van der Waals surface area contributed by atoms with Crippen molar-refractivity contribution in [3.63, 3.8) is 0 Å². The maximum Gasteiger partial charge on any atom is 0.166 e. The first-order chi connectivity index (χ1) is 10.2. The number of rotatable bonds is 6. The molecule has 3 aromatic rings. The summed E-state index contributed by atoms with van der Waals surface area (Å²) in [6.45, 7) is 6.25. The predicted molar refractivity (Wildman–Crippen MR) is 92.2 cm³/mol. The van der Waals surface area contributed by atoms with E-state index in [4.69, 9.17) is 0 Å². The van der Waals surface area contributed by atoms with E-state index in [1.54, 1.807) is 23.1 Å². The summed E-state index contributed by atoms with van der Waals surface area (Å²) in [5, 5.41) is 7.09. The highest BCUT2D eigenvalue weighted by molar-refractivity contribution is 7.99. The van der Waals surface area contributed by atoms with E-state index in [1.165, 1.54) is 10.4 Å². The topological polar surface area (TPSA) is 40.7 Å². The van der Waals surface area contributed by atoms with Crippen LogP contribution in [-0.2, 0) is 6.54 Å². The first kappa shape index (κ1) is 14.6. The summed E-state index contributed by atoms with van der Waals surface area (Å²) in [7, 11) is 0. The van der Waals surface area contributed by atoms with E-state index >= 15 is 0 Å². The number of hydrogen-bond acceptors (Lipinski definition) is 4. The molecule has 0 spiro atoms. The molecule has 0 saturated heterocycles. The molecule has 2 aromatic heterocycles. The van der Waals surface area contributed by atoms with Crippen LogP contribution >= 0.6 is 23.1 Å². The van der Waals surface area contributed by atoms with Gasteiger partial charge in [-0.15, -0.1) is 11.3 Å². The number of fused-ring (bicyclic) bond motifs is 1. The van der Waals surface area contributed by atoms with Gasteiger partial charge in [0.2, 0.25) is 0 Å². The van der Waals surface area contributed by atoms with Gasteiger partial charge in [0.25, 0.3) is 0 Å². The number of imidazole rings is 1. The lowest BCUT2D eigenvalue weighted by Gasteiger charge is -2.09. The summed E-state index contributed by atoms with van der Waals surface area (Å²) < 4.78 is 0. The molecule has 21 heavy (non-hydrogen) atoms. The number of nitrogens with one attached hydrogen (secondary N) is 2. The molecular formula is C16H19N3S2. The van der Waals surface area contributed by atoms with Crippen molar-refractivity contribution in [2.24, 2.45) is 0 Å². The van der Waals surface area contributed by atoms with Gasteiger partial charge in [-0.3, -0.25) is 0 Å². The minimum atomic E-state index is 0.478. The van der Waals surface area contributed by atoms with Crippen molar-refractivity contribution in [3.05, 3.63) is 46.2 Å². The van der Waals surface area contributed by atoms with Crippen molar-refractivity contribution >= 4 is 34.1 Å². The molecular weight excluding hydrogens is 298 g/mol. The van der Waals surface area contributed by atoms with Crippen molar-refractivity contribution in [3.8, 4) is 0 Å². The van der Waals surface area contributed by atoms with E-state index in [-0.39, 0.29) is 0 Å². The first-order valence-electron chi connectivity index (χ1n) is 7.07. The maximum absolute atomic E-state index is 4.63. The second-order valence-electron chi connectivity index (χ2n) is 5.20. The SMILES string of the molecule is Cc1ccc2nc(SC(C)CNCc3cccs3)[nH]c2c1. The summed E-state index contributed by atoms with van der Waals surface area (Å²) >= 11 is 3.58. The molecule has 0 saturated carbocycles. The number of aromatic nitrogens is 2. The number of aryl methyl sites for hydroxylation is 1. The quantitative estimate of drug-likeness (QED) is 0.669. The number of hydrogen-bond donors (Lipinski definition) is 2. The Morgan fingerprint density at radius 2 is 2.29 bits per heavy atom. The monoisotopic (exact) mass is 317 g/mol. The molecule has 0 aliphatic rings. The number of thiophene rings is 1. The normalized spacial score (nSPS) is 12.9. The zero-order valence-electron chi connectivity index (χ0n) is 12.2. The third-order valence-electron chi connectivity index (χ3n) is 3.24. The highest BCUT2D eigenvalue weighted by atomic mass is 32.2. The van der Waals surface area contributed by atoms with Crippen molar-refractivity contribution in [2.75, 3.05) is 6.54 Å². The van der Waals surface area contributed by atoms with Crippen LogP contribution in [0.2, 0.25) is 0 Å². The third kappa shape index (κ3) is 3.87. The summed E-state index contributed by atoms with van der Waals surface area (Å²) in [5.41, 5.74) is 3.42. The van der Waals surface area contributed by atoms with Gasteiger partial charge in [-0.25, -0.2) is 4.98 Å². The van der Waals surface area contributed by atoms with Crippen LogP contribution in [-0.4, -0.2) is 21.8 Å². The second-order valence-corrected chi connectivity index (χ2v) is 7.66. The standard InChI is InChI=1S/C16H19N3S2/c1-11-5-6-14-15(8-11)19-16(18-14)21-12(2)9-17-10-13-4-3-7-20-13/h3-8,12,17H,9-10H2,1-2H3,(H,18,19). The van der Waals surface area contributed by atoms with Crippen LogP contribution in [0.1, 0.15) is 17.4 Å². The van der Waals surface area contributed by atoms with Crippen LogP contribution in [0.4, 0.5) is 0 Å². The summed E-state index contributed by atoms with van der Waals surface area (Å²) in [6.07, 6.45) is 0. The third-order valence-corrected chi connectivity index (χ3v) is 5.10. The number of benzene rings is 1. The fourth-order valence-electron chi connectivity index (χ4n) is 2.20. The van der Waals surface area contributed by atoms with Gasteiger partial charge >= 0.3 is 0 Å². The molecule has 1 aromatic carbocycles. The average Bonchev–Trinajstić information content (AvgIpc) is 3.07. The number of H-pyrrole nitrogens is 1. The zero-order chi connectivity index (χ0) is 14.7. The molecule has 5 heteroatoms. The van der Waals surface area contributed by atoms with E-state index < -0.39 is 0 Å². The van der Waals surface area contributed by atoms with Gasteiger partial charge in [-0.2, -0.15) is 0 Å². The Bertz CT molecular complexity index is 703. The van der Waals surface area contributed by atoms with Gasteiger partial charge in [0.05, 0.1) is 11.0 Å². The van der Waals surface area contributed by atoms with Gasteiger partial charge in [-0.05, 0) is 36.1 Å². The Balaban J connectivity index is 1.54. The molecule has 3 rings (SSSR count). The molecule has 1 unspecified atom stereocenters. The highest BCUT2D eigenvalue weighted by Crippen LogP contribution is 2.23. The van der Waals surface area contributed by atoms with Gasteiger partial charge in [0, 0.05) is 23.2 Å². The number of nitrogens with zero attached hydrogens (tertiary/aromatic N) is 1. The van der Waals surface area contributed by atoms with Crippen LogP contribution < -0.4 is 5.32 Å². The Labute approximate surface area is 133 Å². The molecule has 0 aliphatic heterocycles.